The molecule has 7 nitrogen and oxygen atoms in total. The SMILES string of the molecule is CC(C)OC1OC(C(=O)O)[C@@H](OC(C)C)[C@H](O)C1O. The molecule has 0 aromatic heterocycles. The fraction of sp³-hybridized carbons (Fsp3) is 0.917. The molecule has 0 bridgehead atoms. The zero-order valence-electron chi connectivity index (χ0n) is 11.5. The summed E-state index contributed by atoms with van der Waals surface area (Å²) in [6.07, 6.45) is -7.04. The van der Waals surface area contributed by atoms with Crippen molar-refractivity contribution in [3.05, 3.63) is 0 Å². The molecule has 1 aliphatic rings. The molecule has 5 atom stereocenters. The summed E-state index contributed by atoms with van der Waals surface area (Å²) < 4.78 is 15.8. The zero-order chi connectivity index (χ0) is 14.7. The molecule has 0 aromatic rings. The standard InChI is InChI=1S/C12H22O7/c1-5(2)17-9-7(13)8(14)12(18-6(3)4)19-10(9)11(15)16/h5-10,12-14H,1-4H3,(H,15,16)/t7-,8?,9+,10?,12?/m1/s1. The summed E-state index contributed by atoms with van der Waals surface area (Å²) in [5.74, 6) is -1.27. The number of rotatable bonds is 5. The van der Waals surface area contributed by atoms with Crippen LogP contribution >= 0.6 is 0 Å². The lowest BCUT2D eigenvalue weighted by atomic mass is 9.98. The Kier molecular flexibility index (Phi) is 5.69. The lowest BCUT2D eigenvalue weighted by Gasteiger charge is -2.41. The number of carboxylic acids is 1. The Balaban J connectivity index is 2.87. The first-order valence-electron chi connectivity index (χ1n) is 6.29. The molecule has 0 aromatic carbocycles. The van der Waals surface area contributed by atoms with E-state index in [0.29, 0.717) is 0 Å². The summed E-state index contributed by atoms with van der Waals surface area (Å²) in [6, 6.07) is 0. The smallest absolute Gasteiger partial charge is 0.335 e. The van der Waals surface area contributed by atoms with E-state index >= 15 is 0 Å². The predicted molar refractivity (Wildman–Crippen MR) is 64.5 cm³/mol. The molecule has 3 unspecified atom stereocenters. The second kappa shape index (κ2) is 6.62. The van der Waals surface area contributed by atoms with E-state index in [4.69, 9.17) is 19.3 Å². The van der Waals surface area contributed by atoms with Gasteiger partial charge in [0.15, 0.2) is 12.4 Å². The van der Waals surface area contributed by atoms with E-state index < -0.39 is 36.7 Å². The quantitative estimate of drug-likeness (QED) is 0.636. The Morgan fingerprint density at radius 3 is 2.00 bits per heavy atom. The van der Waals surface area contributed by atoms with E-state index in [1.54, 1.807) is 27.7 Å². The Labute approximate surface area is 112 Å². The third-order valence-electron chi connectivity index (χ3n) is 2.62. The van der Waals surface area contributed by atoms with Crippen molar-refractivity contribution in [2.75, 3.05) is 0 Å². The van der Waals surface area contributed by atoms with Crippen LogP contribution in [0.3, 0.4) is 0 Å². The van der Waals surface area contributed by atoms with E-state index in [9.17, 15) is 15.0 Å². The molecular formula is C12H22O7. The van der Waals surface area contributed by atoms with Crippen molar-refractivity contribution in [3.8, 4) is 0 Å². The summed E-state index contributed by atoms with van der Waals surface area (Å²) in [5, 5.41) is 29.0. The third-order valence-corrected chi connectivity index (χ3v) is 2.62. The number of aliphatic carboxylic acids is 1. The Morgan fingerprint density at radius 1 is 1.05 bits per heavy atom. The van der Waals surface area contributed by atoms with E-state index in [0.717, 1.165) is 0 Å². The summed E-state index contributed by atoms with van der Waals surface area (Å²) in [4.78, 5) is 11.2. The molecule has 1 heterocycles. The molecule has 0 aliphatic carbocycles. The number of hydrogen-bond donors (Lipinski definition) is 3. The van der Waals surface area contributed by atoms with Gasteiger partial charge in [0.1, 0.15) is 18.3 Å². The largest absolute Gasteiger partial charge is 0.479 e. The molecule has 1 saturated heterocycles. The molecule has 0 radical (unpaired) electrons. The summed E-state index contributed by atoms with van der Waals surface area (Å²) >= 11 is 0. The van der Waals surface area contributed by atoms with Gasteiger partial charge in [-0.2, -0.15) is 0 Å². The zero-order valence-corrected chi connectivity index (χ0v) is 11.5. The first-order valence-corrected chi connectivity index (χ1v) is 6.29. The maximum atomic E-state index is 11.2. The topological polar surface area (TPSA) is 105 Å². The highest BCUT2D eigenvalue weighted by atomic mass is 16.7. The highest BCUT2D eigenvalue weighted by Gasteiger charge is 2.49. The van der Waals surface area contributed by atoms with Crippen molar-refractivity contribution in [1.29, 1.82) is 0 Å². The lowest BCUT2D eigenvalue weighted by Crippen LogP contribution is -2.61. The monoisotopic (exact) mass is 278 g/mol. The van der Waals surface area contributed by atoms with E-state index in [1.165, 1.54) is 0 Å². The van der Waals surface area contributed by atoms with Gasteiger partial charge in [-0.15, -0.1) is 0 Å². The van der Waals surface area contributed by atoms with Crippen molar-refractivity contribution in [2.24, 2.45) is 0 Å². The molecule has 0 amide bonds. The minimum atomic E-state index is -1.39. The first-order chi connectivity index (χ1) is 8.73. The molecule has 1 aliphatic heterocycles. The molecular weight excluding hydrogens is 256 g/mol. The highest BCUT2D eigenvalue weighted by molar-refractivity contribution is 5.73. The number of aliphatic hydroxyl groups is 2. The van der Waals surface area contributed by atoms with Gasteiger partial charge in [-0.25, -0.2) is 4.79 Å². The minimum Gasteiger partial charge on any atom is -0.479 e. The van der Waals surface area contributed by atoms with Crippen molar-refractivity contribution < 1.29 is 34.3 Å². The van der Waals surface area contributed by atoms with Gasteiger partial charge < -0.3 is 29.5 Å². The van der Waals surface area contributed by atoms with Gasteiger partial charge in [-0.05, 0) is 27.7 Å². The van der Waals surface area contributed by atoms with Crippen LogP contribution in [0.2, 0.25) is 0 Å². The molecule has 0 spiro atoms. The van der Waals surface area contributed by atoms with E-state index in [-0.39, 0.29) is 12.2 Å². The maximum Gasteiger partial charge on any atom is 0.335 e. The molecule has 3 N–H and O–H groups in total. The molecule has 112 valence electrons. The van der Waals surface area contributed by atoms with E-state index in [1.807, 2.05) is 0 Å². The second-order valence-corrected chi connectivity index (χ2v) is 5.08. The van der Waals surface area contributed by atoms with Gasteiger partial charge in [0.25, 0.3) is 0 Å². The summed E-state index contributed by atoms with van der Waals surface area (Å²) in [5.41, 5.74) is 0. The Hall–Kier alpha value is -0.730. The number of carbonyl (C=O) groups is 1. The van der Waals surface area contributed by atoms with Crippen LogP contribution in [-0.4, -0.2) is 64.2 Å². The van der Waals surface area contributed by atoms with Crippen LogP contribution in [0, 0.1) is 0 Å². The summed E-state index contributed by atoms with van der Waals surface area (Å²) in [7, 11) is 0. The van der Waals surface area contributed by atoms with Crippen molar-refractivity contribution >= 4 is 5.97 Å². The van der Waals surface area contributed by atoms with Gasteiger partial charge in [0.2, 0.25) is 0 Å². The molecule has 0 saturated carbocycles. The first kappa shape index (κ1) is 16.3. The number of aliphatic hydroxyl groups excluding tert-OH is 2. The second-order valence-electron chi connectivity index (χ2n) is 5.08. The van der Waals surface area contributed by atoms with Crippen LogP contribution in [-0.2, 0) is 19.0 Å². The van der Waals surface area contributed by atoms with Crippen molar-refractivity contribution in [3.63, 3.8) is 0 Å². The molecule has 7 heteroatoms. The van der Waals surface area contributed by atoms with Crippen LogP contribution in [0.15, 0.2) is 0 Å². The fourth-order valence-corrected chi connectivity index (χ4v) is 1.88. The van der Waals surface area contributed by atoms with Crippen LogP contribution in [0.5, 0.6) is 0 Å². The number of ether oxygens (including phenoxy) is 3. The molecule has 1 fully saturated rings. The maximum absolute atomic E-state index is 11.2. The van der Waals surface area contributed by atoms with Gasteiger partial charge in [0, 0.05) is 0 Å². The molecule has 19 heavy (non-hydrogen) atoms. The van der Waals surface area contributed by atoms with Crippen LogP contribution in [0.1, 0.15) is 27.7 Å². The summed E-state index contributed by atoms with van der Waals surface area (Å²) in [6.45, 7) is 6.84. The van der Waals surface area contributed by atoms with Crippen molar-refractivity contribution in [1.82, 2.24) is 0 Å². The lowest BCUT2D eigenvalue weighted by molar-refractivity contribution is -0.310. The van der Waals surface area contributed by atoms with Crippen LogP contribution < -0.4 is 0 Å². The van der Waals surface area contributed by atoms with Gasteiger partial charge in [-0.3, -0.25) is 0 Å². The van der Waals surface area contributed by atoms with E-state index in [2.05, 4.69) is 0 Å². The number of carboxylic acid groups (broad SMARTS) is 1. The average Bonchev–Trinajstić information content (AvgIpc) is 2.27. The van der Waals surface area contributed by atoms with Crippen molar-refractivity contribution in [2.45, 2.75) is 70.6 Å². The van der Waals surface area contributed by atoms with Crippen LogP contribution in [0.25, 0.3) is 0 Å². The third kappa shape index (κ3) is 4.12. The fourth-order valence-electron chi connectivity index (χ4n) is 1.88. The Morgan fingerprint density at radius 2 is 1.58 bits per heavy atom. The Bertz CT molecular complexity index is 304. The van der Waals surface area contributed by atoms with Gasteiger partial charge in [0.05, 0.1) is 12.2 Å². The van der Waals surface area contributed by atoms with Gasteiger partial charge >= 0.3 is 5.97 Å². The highest BCUT2D eigenvalue weighted by Crippen LogP contribution is 2.26. The molecule has 1 rings (SSSR count). The normalized spacial score (nSPS) is 35.9. The minimum absolute atomic E-state index is 0.274. The number of hydrogen-bond acceptors (Lipinski definition) is 6. The van der Waals surface area contributed by atoms with Gasteiger partial charge in [-0.1, -0.05) is 0 Å². The average molecular weight is 278 g/mol. The predicted octanol–water partition coefficient (Wildman–Crippen LogP) is -0.264. The van der Waals surface area contributed by atoms with Crippen LogP contribution in [0.4, 0.5) is 0 Å².